The summed E-state index contributed by atoms with van der Waals surface area (Å²) >= 11 is 0. The predicted octanol–water partition coefficient (Wildman–Crippen LogP) is 2.59. The van der Waals surface area contributed by atoms with Crippen molar-refractivity contribution in [3.05, 3.63) is 35.4 Å². The van der Waals surface area contributed by atoms with E-state index in [1.54, 1.807) is 0 Å². The summed E-state index contributed by atoms with van der Waals surface area (Å²) < 4.78 is 12.2. The molecule has 3 heteroatoms. The van der Waals surface area contributed by atoms with Gasteiger partial charge in [-0.25, -0.2) is 0 Å². The summed E-state index contributed by atoms with van der Waals surface area (Å²) in [6, 6.07) is 8.59. The minimum atomic E-state index is -0.819. The third-order valence-electron chi connectivity index (χ3n) is 3.41. The van der Waals surface area contributed by atoms with Crippen molar-refractivity contribution in [3.8, 4) is 0 Å². The molecule has 0 aliphatic heterocycles. The molecule has 0 saturated heterocycles. The van der Waals surface area contributed by atoms with Gasteiger partial charge < -0.3 is 5.73 Å². The quantitative estimate of drug-likeness (QED) is 0.909. The molecule has 0 fully saturated rings. The Kier molecular flexibility index (Phi) is 4.23. The van der Waals surface area contributed by atoms with Crippen molar-refractivity contribution in [2.24, 2.45) is 5.73 Å². The average Bonchev–Trinajstić information content (AvgIpc) is 2.27. The second kappa shape index (κ2) is 5.54. The molecule has 2 nitrogen and oxygen atoms in total. The third-order valence-corrected chi connectivity index (χ3v) is 5.25. The normalized spacial score (nSPS) is 21.4. The van der Waals surface area contributed by atoms with Crippen LogP contribution in [0.3, 0.4) is 0 Å². The number of hydrogen-bond acceptors (Lipinski definition) is 2. The maximum absolute atomic E-state index is 12.2. The highest BCUT2D eigenvalue weighted by Gasteiger charge is 2.23. The van der Waals surface area contributed by atoms with E-state index in [2.05, 4.69) is 24.3 Å². The number of nitrogens with two attached hydrogens (primary N) is 1. The van der Waals surface area contributed by atoms with E-state index in [0.29, 0.717) is 11.7 Å². The molecular weight excluding hydrogens is 242 g/mol. The molecule has 2 unspecified atom stereocenters. The molecular formula is C15H23NOS. The van der Waals surface area contributed by atoms with E-state index in [1.165, 1.54) is 24.0 Å². The number of hydrogen-bond donors (Lipinski definition) is 1. The summed E-state index contributed by atoms with van der Waals surface area (Å²) in [6.45, 7) is 3.89. The Labute approximate surface area is 112 Å². The van der Waals surface area contributed by atoms with Gasteiger partial charge in [-0.15, -0.1) is 0 Å². The molecule has 2 N–H and O–H groups in total. The van der Waals surface area contributed by atoms with E-state index in [4.69, 9.17) is 5.73 Å². The lowest BCUT2D eigenvalue weighted by atomic mass is 9.84. The molecule has 0 amide bonds. The molecule has 1 aliphatic rings. The molecule has 0 heterocycles. The summed E-state index contributed by atoms with van der Waals surface area (Å²) in [5, 5.41) is 0. The fourth-order valence-electron chi connectivity index (χ4n) is 2.73. The summed E-state index contributed by atoms with van der Waals surface area (Å²) in [6.07, 6.45) is 3.54. The van der Waals surface area contributed by atoms with Gasteiger partial charge in [-0.2, -0.15) is 0 Å². The number of aryl methyl sites for hydroxylation is 1. The largest absolute Gasteiger partial charge is 0.325 e. The molecule has 0 radical (unpaired) electrons. The van der Waals surface area contributed by atoms with Crippen LogP contribution in [0.1, 0.15) is 43.7 Å². The zero-order chi connectivity index (χ0) is 13.2. The van der Waals surface area contributed by atoms with Crippen molar-refractivity contribution < 1.29 is 4.21 Å². The third kappa shape index (κ3) is 3.66. The van der Waals surface area contributed by atoms with Crippen LogP contribution in [0.4, 0.5) is 0 Å². The van der Waals surface area contributed by atoms with Gasteiger partial charge in [0.15, 0.2) is 0 Å². The summed E-state index contributed by atoms with van der Waals surface area (Å²) in [5.74, 6) is 1.81. The lowest BCUT2D eigenvalue weighted by Gasteiger charge is -2.26. The van der Waals surface area contributed by atoms with Crippen molar-refractivity contribution in [1.82, 2.24) is 0 Å². The Morgan fingerprint density at radius 3 is 2.83 bits per heavy atom. The molecule has 0 aromatic heterocycles. The van der Waals surface area contributed by atoms with Gasteiger partial charge in [0.05, 0.1) is 0 Å². The molecule has 18 heavy (non-hydrogen) atoms. The van der Waals surface area contributed by atoms with Gasteiger partial charge in [0.1, 0.15) is 0 Å². The number of fused-ring (bicyclic) bond motifs is 1. The molecule has 100 valence electrons. The summed E-state index contributed by atoms with van der Waals surface area (Å²) in [7, 11) is -0.819. The Bertz CT molecular complexity index is 436. The van der Waals surface area contributed by atoms with E-state index in [1.807, 2.05) is 13.8 Å². The first kappa shape index (κ1) is 13.8. The Morgan fingerprint density at radius 2 is 2.11 bits per heavy atom. The SMILES string of the molecule is CC(C)(N)CS(=O)CC1CCCc2ccccc21. The second-order valence-electron chi connectivity index (χ2n) is 6.03. The van der Waals surface area contributed by atoms with E-state index >= 15 is 0 Å². The van der Waals surface area contributed by atoms with Crippen LogP contribution in [0.5, 0.6) is 0 Å². The van der Waals surface area contributed by atoms with Crippen molar-refractivity contribution in [3.63, 3.8) is 0 Å². The van der Waals surface area contributed by atoms with E-state index in [0.717, 1.165) is 12.2 Å². The van der Waals surface area contributed by atoms with Crippen LogP contribution in [0.15, 0.2) is 24.3 Å². The van der Waals surface area contributed by atoms with Gasteiger partial charge in [0, 0.05) is 27.8 Å². The Balaban J connectivity index is 2.05. The zero-order valence-electron chi connectivity index (χ0n) is 11.3. The predicted molar refractivity (Wildman–Crippen MR) is 78.3 cm³/mol. The monoisotopic (exact) mass is 265 g/mol. The zero-order valence-corrected chi connectivity index (χ0v) is 12.1. The van der Waals surface area contributed by atoms with Crippen LogP contribution in [-0.2, 0) is 17.2 Å². The highest BCUT2D eigenvalue weighted by atomic mass is 32.2. The van der Waals surface area contributed by atoms with Crippen LogP contribution in [0.2, 0.25) is 0 Å². The number of benzene rings is 1. The lowest BCUT2D eigenvalue weighted by Crippen LogP contribution is -2.39. The molecule has 2 rings (SSSR count). The van der Waals surface area contributed by atoms with Gasteiger partial charge in [-0.1, -0.05) is 24.3 Å². The summed E-state index contributed by atoms with van der Waals surface area (Å²) in [5.41, 5.74) is 8.46. The van der Waals surface area contributed by atoms with Crippen molar-refractivity contribution in [1.29, 1.82) is 0 Å². The maximum atomic E-state index is 12.2. The van der Waals surface area contributed by atoms with Crippen LogP contribution in [0.25, 0.3) is 0 Å². The Morgan fingerprint density at radius 1 is 1.39 bits per heavy atom. The number of rotatable bonds is 4. The van der Waals surface area contributed by atoms with Gasteiger partial charge in [0.2, 0.25) is 0 Å². The van der Waals surface area contributed by atoms with Gasteiger partial charge in [-0.05, 0) is 50.2 Å². The van der Waals surface area contributed by atoms with Crippen LogP contribution in [0, 0.1) is 0 Å². The highest BCUT2D eigenvalue weighted by molar-refractivity contribution is 7.85. The van der Waals surface area contributed by atoms with E-state index < -0.39 is 10.8 Å². The van der Waals surface area contributed by atoms with E-state index in [-0.39, 0.29) is 5.54 Å². The molecule has 0 spiro atoms. The average molecular weight is 265 g/mol. The summed E-state index contributed by atoms with van der Waals surface area (Å²) in [4.78, 5) is 0. The Hall–Kier alpha value is -0.670. The molecule has 0 saturated carbocycles. The molecule has 0 bridgehead atoms. The van der Waals surface area contributed by atoms with Gasteiger partial charge in [-0.3, -0.25) is 4.21 Å². The second-order valence-corrected chi connectivity index (χ2v) is 7.53. The lowest BCUT2D eigenvalue weighted by molar-refractivity contribution is 0.564. The fraction of sp³-hybridized carbons (Fsp3) is 0.600. The van der Waals surface area contributed by atoms with Gasteiger partial charge >= 0.3 is 0 Å². The standard InChI is InChI=1S/C15H23NOS/c1-15(2,16)11-18(17)10-13-8-5-7-12-6-3-4-9-14(12)13/h3-4,6,9,13H,5,7-8,10-11,16H2,1-2H3. The van der Waals surface area contributed by atoms with Crippen molar-refractivity contribution in [2.75, 3.05) is 11.5 Å². The van der Waals surface area contributed by atoms with Crippen LogP contribution >= 0.6 is 0 Å². The van der Waals surface area contributed by atoms with Crippen molar-refractivity contribution in [2.45, 2.75) is 44.6 Å². The first-order valence-electron chi connectivity index (χ1n) is 6.67. The van der Waals surface area contributed by atoms with Gasteiger partial charge in [0.25, 0.3) is 0 Å². The highest BCUT2D eigenvalue weighted by Crippen LogP contribution is 2.32. The fourth-order valence-corrected chi connectivity index (χ4v) is 4.47. The smallest absolute Gasteiger partial charge is 0.0410 e. The molecule has 1 aromatic rings. The first-order chi connectivity index (χ1) is 8.46. The minimum Gasteiger partial charge on any atom is -0.325 e. The van der Waals surface area contributed by atoms with Crippen LogP contribution in [-0.4, -0.2) is 21.3 Å². The maximum Gasteiger partial charge on any atom is 0.0410 e. The van der Waals surface area contributed by atoms with Crippen LogP contribution < -0.4 is 5.73 Å². The molecule has 1 aromatic carbocycles. The van der Waals surface area contributed by atoms with E-state index in [9.17, 15) is 4.21 Å². The topological polar surface area (TPSA) is 43.1 Å². The molecule has 2 atom stereocenters. The minimum absolute atomic E-state index is 0.334. The van der Waals surface area contributed by atoms with Crippen molar-refractivity contribution >= 4 is 10.8 Å². The molecule has 1 aliphatic carbocycles. The first-order valence-corrected chi connectivity index (χ1v) is 8.16.